The monoisotopic (exact) mass is 435 g/mol. The van der Waals surface area contributed by atoms with Crippen molar-refractivity contribution in [3.8, 4) is 22.4 Å². The van der Waals surface area contributed by atoms with Gasteiger partial charge in [-0.2, -0.15) is 0 Å². The summed E-state index contributed by atoms with van der Waals surface area (Å²) < 4.78 is 15.7. The highest BCUT2D eigenvalue weighted by Crippen LogP contribution is 2.31. The summed E-state index contributed by atoms with van der Waals surface area (Å²) in [7, 11) is 0. The van der Waals surface area contributed by atoms with Gasteiger partial charge in [-0.15, -0.1) is 0 Å². The highest BCUT2D eigenvalue weighted by molar-refractivity contribution is 9.10. The molecule has 2 aromatic heterocycles. The van der Waals surface area contributed by atoms with Crippen molar-refractivity contribution in [1.82, 2.24) is 14.4 Å². The van der Waals surface area contributed by atoms with Crippen LogP contribution < -0.4 is 0 Å². The molecule has 0 fully saturated rings. The lowest BCUT2D eigenvalue weighted by Crippen LogP contribution is -1.91. The third kappa shape index (κ3) is 3.15. The van der Waals surface area contributed by atoms with Crippen molar-refractivity contribution in [2.75, 3.05) is 0 Å². The molecule has 4 aromatic rings. The molecular weight excluding hydrogens is 428 g/mol. The van der Waals surface area contributed by atoms with E-state index in [1.165, 1.54) is 12.1 Å². The van der Waals surface area contributed by atoms with Gasteiger partial charge in [0.25, 0.3) is 0 Å². The fourth-order valence-electron chi connectivity index (χ4n) is 2.57. The van der Waals surface area contributed by atoms with Crippen LogP contribution in [0, 0.1) is 5.82 Å². The van der Waals surface area contributed by atoms with E-state index in [0.717, 1.165) is 21.3 Å². The average molecular weight is 437 g/mol. The van der Waals surface area contributed by atoms with Crippen LogP contribution in [0.2, 0.25) is 10.0 Å². The van der Waals surface area contributed by atoms with Gasteiger partial charge in [0.15, 0.2) is 0 Å². The smallest absolute Gasteiger partial charge is 0.235 e. The fourth-order valence-corrected chi connectivity index (χ4v) is 3.67. The number of nitrogens with zero attached hydrogens (tertiary/aromatic N) is 3. The summed E-state index contributed by atoms with van der Waals surface area (Å²) in [5, 5.41) is 1.11. The Kier molecular flexibility index (Phi) is 4.23. The van der Waals surface area contributed by atoms with Gasteiger partial charge in [0, 0.05) is 33.6 Å². The van der Waals surface area contributed by atoms with E-state index in [0.29, 0.717) is 21.5 Å². The van der Waals surface area contributed by atoms with Crippen molar-refractivity contribution < 1.29 is 4.39 Å². The Morgan fingerprint density at radius 2 is 1.60 bits per heavy atom. The molecule has 0 aliphatic heterocycles. The highest BCUT2D eigenvalue weighted by atomic mass is 79.9. The molecule has 0 aliphatic carbocycles. The van der Waals surface area contributed by atoms with Crippen LogP contribution in [-0.2, 0) is 0 Å². The molecule has 0 N–H and O–H groups in total. The second-order valence-corrected chi connectivity index (χ2v) is 7.05. The molecule has 7 heteroatoms. The highest BCUT2D eigenvalue weighted by Gasteiger charge is 2.14. The van der Waals surface area contributed by atoms with Gasteiger partial charge in [-0.3, -0.25) is 4.40 Å². The summed E-state index contributed by atoms with van der Waals surface area (Å²) in [6.45, 7) is 0. The molecule has 3 nitrogen and oxygen atoms in total. The third-order valence-electron chi connectivity index (χ3n) is 3.74. The first-order valence-corrected chi connectivity index (χ1v) is 8.82. The van der Waals surface area contributed by atoms with Crippen LogP contribution in [0.5, 0.6) is 0 Å². The van der Waals surface area contributed by atoms with E-state index in [2.05, 4.69) is 25.9 Å². The SMILES string of the molecule is Fc1ccc(-c2nc3ncc(-c4cc(Cl)cc(Cl)c4)cn3c2Br)cc1. The van der Waals surface area contributed by atoms with E-state index in [-0.39, 0.29) is 5.82 Å². The van der Waals surface area contributed by atoms with Crippen molar-refractivity contribution in [2.24, 2.45) is 0 Å². The summed E-state index contributed by atoms with van der Waals surface area (Å²) in [5.74, 6) is 0.241. The molecule has 25 heavy (non-hydrogen) atoms. The zero-order valence-corrected chi connectivity index (χ0v) is 15.6. The second kappa shape index (κ2) is 6.41. The first-order chi connectivity index (χ1) is 12.0. The molecule has 0 amide bonds. The van der Waals surface area contributed by atoms with Crippen LogP contribution in [0.1, 0.15) is 0 Å². The van der Waals surface area contributed by atoms with Gasteiger partial charge in [-0.1, -0.05) is 23.2 Å². The molecule has 0 radical (unpaired) electrons. The molecule has 4 rings (SSSR count). The van der Waals surface area contributed by atoms with Crippen LogP contribution in [-0.4, -0.2) is 14.4 Å². The van der Waals surface area contributed by atoms with Gasteiger partial charge in [0.05, 0.1) is 0 Å². The normalized spacial score (nSPS) is 11.2. The van der Waals surface area contributed by atoms with E-state index >= 15 is 0 Å². The Morgan fingerprint density at radius 1 is 0.920 bits per heavy atom. The largest absolute Gasteiger partial charge is 0.277 e. The fraction of sp³-hybridized carbons (Fsp3) is 0. The number of halogens is 4. The minimum absolute atomic E-state index is 0.290. The summed E-state index contributed by atoms with van der Waals surface area (Å²) in [5.41, 5.74) is 3.19. The van der Waals surface area contributed by atoms with Crippen molar-refractivity contribution in [2.45, 2.75) is 0 Å². The van der Waals surface area contributed by atoms with Gasteiger partial charge in [-0.05, 0) is 64.0 Å². The van der Waals surface area contributed by atoms with Crippen LogP contribution >= 0.6 is 39.1 Å². The van der Waals surface area contributed by atoms with E-state index in [9.17, 15) is 4.39 Å². The zero-order valence-electron chi connectivity index (χ0n) is 12.5. The van der Waals surface area contributed by atoms with E-state index < -0.39 is 0 Å². The van der Waals surface area contributed by atoms with Crippen LogP contribution in [0.15, 0.2) is 59.5 Å². The minimum Gasteiger partial charge on any atom is -0.277 e. The van der Waals surface area contributed by atoms with E-state index in [1.54, 1.807) is 24.4 Å². The van der Waals surface area contributed by atoms with E-state index in [4.69, 9.17) is 23.2 Å². The Morgan fingerprint density at radius 3 is 2.28 bits per heavy atom. The standard InChI is InChI=1S/C18H9BrCl2FN3/c19-17-16(10-1-3-15(22)4-2-10)24-18-23-8-12(9-25(17)18)11-5-13(20)7-14(21)6-11/h1-9H. The maximum absolute atomic E-state index is 13.1. The van der Waals surface area contributed by atoms with Gasteiger partial charge in [0.1, 0.15) is 16.1 Å². The molecule has 0 unspecified atom stereocenters. The summed E-state index contributed by atoms with van der Waals surface area (Å²) >= 11 is 15.7. The molecule has 2 aromatic carbocycles. The number of hydrogen-bond donors (Lipinski definition) is 0. The van der Waals surface area contributed by atoms with E-state index in [1.807, 2.05) is 22.7 Å². The molecule has 0 saturated heterocycles. The molecule has 0 aliphatic rings. The predicted octanol–water partition coefficient (Wildman–Crippen LogP) is 6.27. The van der Waals surface area contributed by atoms with Gasteiger partial charge in [-0.25, -0.2) is 14.4 Å². The van der Waals surface area contributed by atoms with Crippen molar-refractivity contribution >= 4 is 44.9 Å². The van der Waals surface area contributed by atoms with Gasteiger partial charge < -0.3 is 0 Å². The molecule has 0 atom stereocenters. The minimum atomic E-state index is -0.290. The first-order valence-electron chi connectivity index (χ1n) is 7.27. The number of fused-ring (bicyclic) bond motifs is 1. The molecule has 2 heterocycles. The Balaban J connectivity index is 1.86. The van der Waals surface area contributed by atoms with Crippen LogP contribution in [0.25, 0.3) is 28.2 Å². The number of imidazole rings is 1. The maximum Gasteiger partial charge on any atom is 0.235 e. The lowest BCUT2D eigenvalue weighted by atomic mass is 10.1. The number of rotatable bonds is 2. The van der Waals surface area contributed by atoms with Crippen molar-refractivity contribution in [3.05, 3.63) is 75.3 Å². The molecule has 0 bridgehead atoms. The van der Waals surface area contributed by atoms with Gasteiger partial charge >= 0.3 is 0 Å². The average Bonchev–Trinajstić information content (AvgIpc) is 2.91. The summed E-state index contributed by atoms with van der Waals surface area (Å²) in [6, 6.07) is 11.5. The second-order valence-electron chi connectivity index (χ2n) is 5.43. The number of hydrogen-bond acceptors (Lipinski definition) is 2. The summed E-state index contributed by atoms with van der Waals surface area (Å²) in [6.07, 6.45) is 3.61. The van der Waals surface area contributed by atoms with Crippen molar-refractivity contribution in [3.63, 3.8) is 0 Å². The third-order valence-corrected chi connectivity index (χ3v) is 4.93. The first kappa shape index (κ1) is 16.5. The lowest BCUT2D eigenvalue weighted by Gasteiger charge is -2.04. The number of aromatic nitrogens is 3. The Bertz CT molecular complexity index is 1070. The maximum atomic E-state index is 13.1. The Hall–Kier alpha value is -1.95. The van der Waals surface area contributed by atoms with Crippen LogP contribution in [0.4, 0.5) is 4.39 Å². The topological polar surface area (TPSA) is 30.2 Å². The van der Waals surface area contributed by atoms with Crippen LogP contribution in [0.3, 0.4) is 0 Å². The zero-order chi connectivity index (χ0) is 17.6. The van der Waals surface area contributed by atoms with Gasteiger partial charge in [0.2, 0.25) is 5.78 Å². The summed E-state index contributed by atoms with van der Waals surface area (Å²) in [4.78, 5) is 8.92. The Labute approximate surface area is 161 Å². The predicted molar refractivity (Wildman–Crippen MR) is 102 cm³/mol. The molecular formula is C18H9BrCl2FN3. The number of benzene rings is 2. The molecule has 0 saturated carbocycles. The van der Waals surface area contributed by atoms with Crippen molar-refractivity contribution in [1.29, 1.82) is 0 Å². The molecule has 0 spiro atoms. The lowest BCUT2D eigenvalue weighted by molar-refractivity contribution is 0.628. The quantitative estimate of drug-likeness (QED) is 0.370. The molecule has 124 valence electrons.